The van der Waals surface area contributed by atoms with Crippen LogP contribution in [0, 0.1) is 20.8 Å². The van der Waals surface area contributed by atoms with Crippen molar-refractivity contribution in [1.82, 2.24) is 19.6 Å². The number of hydrogen-bond acceptors (Lipinski definition) is 4. The maximum atomic E-state index is 12.5. The lowest BCUT2D eigenvalue weighted by Crippen LogP contribution is -2.14. The number of nitrogens with zero attached hydrogens (tertiary/aromatic N) is 4. The summed E-state index contributed by atoms with van der Waals surface area (Å²) in [5.41, 5.74) is 4.79. The average molecular weight is 353 g/mol. The summed E-state index contributed by atoms with van der Waals surface area (Å²) in [6.07, 6.45) is 0. The predicted octanol–water partition coefficient (Wildman–Crippen LogP) is 2.85. The number of methoxy groups -OCH3 is 1. The predicted molar refractivity (Wildman–Crippen MR) is 99.7 cm³/mol. The van der Waals surface area contributed by atoms with E-state index in [1.165, 1.54) is 0 Å². The highest BCUT2D eigenvalue weighted by Crippen LogP contribution is 2.22. The van der Waals surface area contributed by atoms with Crippen LogP contribution < -0.4 is 10.1 Å². The van der Waals surface area contributed by atoms with Crippen molar-refractivity contribution in [3.8, 4) is 5.75 Å². The van der Waals surface area contributed by atoms with Crippen molar-refractivity contribution in [2.24, 2.45) is 7.05 Å². The summed E-state index contributed by atoms with van der Waals surface area (Å²) in [6, 6.07) is 9.62. The molecule has 136 valence electrons. The average Bonchev–Trinajstić information content (AvgIpc) is 3.09. The van der Waals surface area contributed by atoms with Gasteiger partial charge in [0.05, 0.1) is 30.7 Å². The van der Waals surface area contributed by atoms with Gasteiger partial charge in [0.2, 0.25) is 0 Å². The zero-order chi connectivity index (χ0) is 18.8. The number of amides is 1. The van der Waals surface area contributed by atoms with Crippen molar-refractivity contribution < 1.29 is 9.53 Å². The number of nitrogens with one attached hydrogen (secondary N) is 1. The van der Waals surface area contributed by atoms with Crippen LogP contribution in [0.4, 0.5) is 5.69 Å². The molecule has 0 atom stereocenters. The highest BCUT2D eigenvalue weighted by molar-refractivity contribution is 6.03. The molecule has 3 aromatic rings. The maximum Gasteiger partial charge on any atom is 0.276 e. The van der Waals surface area contributed by atoms with Gasteiger partial charge in [-0.3, -0.25) is 14.2 Å². The quantitative estimate of drug-likeness (QED) is 0.765. The second-order valence-electron chi connectivity index (χ2n) is 6.30. The molecular weight excluding hydrogens is 330 g/mol. The van der Waals surface area contributed by atoms with E-state index in [0.717, 1.165) is 34.1 Å². The topological polar surface area (TPSA) is 74.0 Å². The fourth-order valence-corrected chi connectivity index (χ4v) is 2.82. The lowest BCUT2D eigenvalue weighted by Gasteiger charge is -2.08. The van der Waals surface area contributed by atoms with Gasteiger partial charge >= 0.3 is 0 Å². The molecule has 0 radical (unpaired) electrons. The highest BCUT2D eigenvalue weighted by Gasteiger charge is 2.17. The molecule has 1 N–H and O–H groups in total. The van der Waals surface area contributed by atoms with Gasteiger partial charge in [0.15, 0.2) is 5.69 Å². The molecule has 0 aliphatic carbocycles. The van der Waals surface area contributed by atoms with Gasteiger partial charge in [0, 0.05) is 12.7 Å². The van der Waals surface area contributed by atoms with Gasteiger partial charge in [0.1, 0.15) is 5.75 Å². The largest absolute Gasteiger partial charge is 0.497 e. The summed E-state index contributed by atoms with van der Waals surface area (Å²) in [4.78, 5) is 12.5. The van der Waals surface area contributed by atoms with Crippen LogP contribution in [-0.2, 0) is 13.6 Å². The normalized spacial score (nSPS) is 10.8. The molecule has 26 heavy (non-hydrogen) atoms. The van der Waals surface area contributed by atoms with Crippen LogP contribution >= 0.6 is 0 Å². The zero-order valence-corrected chi connectivity index (χ0v) is 15.7. The van der Waals surface area contributed by atoms with E-state index in [9.17, 15) is 4.79 Å². The number of aryl methyl sites for hydroxylation is 3. The Morgan fingerprint density at radius 1 is 1.19 bits per heavy atom. The van der Waals surface area contributed by atoms with Gasteiger partial charge in [-0.15, -0.1) is 0 Å². The molecule has 0 unspecified atom stereocenters. The Kier molecular flexibility index (Phi) is 4.79. The Morgan fingerprint density at radius 2 is 1.96 bits per heavy atom. The van der Waals surface area contributed by atoms with E-state index >= 15 is 0 Å². The lowest BCUT2D eigenvalue weighted by atomic mass is 10.2. The third-order valence-electron chi connectivity index (χ3n) is 4.43. The Hall–Kier alpha value is -3.09. The number of carbonyl (C=O) groups excluding carboxylic acids is 1. The molecule has 0 aliphatic rings. The molecule has 0 spiro atoms. The first-order chi connectivity index (χ1) is 12.4. The van der Waals surface area contributed by atoms with Gasteiger partial charge in [-0.25, -0.2) is 0 Å². The van der Waals surface area contributed by atoms with Crippen LogP contribution in [0.2, 0.25) is 0 Å². The smallest absolute Gasteiger partial charge is 0.276 e. The third-order valence-corrected chi connectivity index (χ3v) is 4.43. The molecule has 2 aromatic heterocycles. The van der Waals surface area contributed by atoms with Crippen LogP contribution in [0.5, 0.6) is 5.75 Å². The minimum atomic E-state index is -0.235. The van der Waals surface area contributed by atoms with Crippen LogP contribution in [0.3, 0.4) is 0 Å². The van der Waals surface area contributed by atoms with Crippen molar-refractivity contribution in [2.75, 3.05) is 12.4 Å². The number of rotatable bonds is 5. The number of benzene rings is 1. The first-order valence-corrected chi connectivity index (χ1v) is 8.38. The van der Waals surface area contributed by atoms with E-state index in [0.29, 0.717) is 12.2 Å². The molecular formula is C19H23N5O2. The Balaban J connectivity index is 1.82. The molecule has 0 saturated carbocycles. The molecule has 0 fully saturated rings. The molecule has 1 amide bonds. The van der Waals surface area contributed by atoms with Gasteiger partial charge < -0.3 is 10.1 Å². The van der Waals surface area contributed by atoms with Crippen molar-refractivity contribution in [2.45, 2.75) is 27.3 Å². The van der Waals surface area contributed by atoms with Crippen LogP contribution in [-0.4, -0.2) is 32.6 Å². The first kappa shape index (κ1) is 17.7. The Labute approximate surface area is 152 Å². The zero-order valence-electron chi connectivity index (χ0n) is 15.7. The minimum Gasteiger partial charge on any atom is -0.497 e. The molecule has 7 heteroatoms. The van der Waals surface area contributed by atoms with Gasteiger partial charge in [0.25, 0.3) is 5.91 Å². The number of ether oxygens (including phenoxy) is 1. The molecule has 0 saturated heterocycles. The number of anilines is 1. The molecule has 7 nitrogen and oxygen atoms in total. The van der Waals surface area contributed by atoms with Crippen molar-refractivity contribution in [3.05, 3.63) is 58.7 Å². The standard InChI is InChI=1S/C19H23N5O2/c1-12-9-17(22-23(12)4)19(25)20-18-13(2)21-24(14(18)3)11-15-7-6-8-16(10-15)26-5/h6-10H,11H2,1-5H3,(H,20,25). The fraction of sp³-hybridized carbons (Fsp3) is 0.316. The van der Waals surface area contributed by atoms with E-state index < -0.39 is 0 Å². The fourth-order valence-electron chi connectivity index (χ4n) is 2.82. The maximum absolute atomic E-state index is 12.5. The molecule has 0 bridgehead atoms. The molecule has 0 aliphatic heterocycles. The van der Waals surface area contributed by atoms with Crippen molar-refractivity contribution in [1.29, 1.82) is 0 Å². The monoisotopic (exact) mass is 353 g/mol. The first-order valence-electron chi connectivity index (χ1n) is 8.38. The SMILES string of the molecule is COc1cccc(Cn2nc(C)c(NC(=O)c3cc(C)n(C)n3)c2C)c1. The molecule has 3 rings (SSSR count). The number of aromatic nitrogens is 4. The van der Waals surface area contributed by atoms with Gasteiger partial charge in [-0.1, -0.05) is 12.1 Å². The summed E-state index contributed by atoms with van der Waals surface area (Å²) in [6.45, 7) is 6.34. The van der Waals surface area contributed by atoms with E-state index in [-0.39, 0.29) is 5.91 Å². The van der Waals surface area contributed by atoms with Gasteiger partial charge in [-0.2, -0.15) is 10.2 Å². The summed E-state index contributed by atoms with van der Waals surface area (Å²) in [7, 11) is 3.46. The van der Waals surface area contributed by atoms with E-state index in [4.69, 9.17) is 4.74 Å². The van der Waals surface area contributed by atoms with Crippen molar-refractivity contribution >= 4 is 11.6 Å². The second kappa shape index (κ2) is 7.03. The van der Waals surface area contributed by atoms with Crippen LogP contribution in [0.25, 0.3) is 0 Å². The second-order valence-corrected chi connectivity index (χ2v) is 6.30. The minimum absolute atomic E-state index is 0.235. The van der Waals surface area contributed by atoms with Crippen LogP contribution in [0.1, 0.15) is 33.1 Å². The molecule has 1 aromatic carbocycles. The van der Waals surface area contributed by atoms with Crippen LogP contribution in [0.15, 0.2) is 30.3 Å². The summed E-state index contributed by atoms with van der Waals surface area (Å²) >= 11 is 0. The molecule has 2 heterocycles. The number of carbonyl (C=O) groups is 1. The Morgan fingerprint density at radius 3 is 2.62 bits per heavy atom. The summed E-state index contributed by atoms with van der Waals surface area (Å²) in [5, 5.41) is 11.7. The third kappa shape index (κ3) is 3.46. The van der Waals surface area contributed by atoms with Crippen molar-refractivity contribution in [3.63, 3.8) is 0 Å². The summed E-state index contributed by atoms with van der Waals surface area (Å²) in [5.74, 6) is 0.573. The summed E-state index contributed by atoms with van der Waals surface area (Å²) < 4.78 is 8.83. The number of hydrogen-bond donors (Lipinski definition) is 1. The van der Waals surface area contributed by atoms with Gasteiger partial charge in [-0.05, 0) is 44.5 Å². The van der Waals surface area contributed by atoms with E-state index in [1.807, 2.05) is 56.8 Å². The highest BCUT2D eigenvalue weighted by atomic mass is 16.5. The Bertz CT molecular complexity index is 935. The van der Waals surface area contributed by atoms with E-state index in [1.54, 1.807) is 17.9 Å². The van der Waals surface area contributed by atoms with E-state index in [2.05, 4.69) is 15.5 Å². The lowest BCUT2D eigenvalue weighted by molar-refractivity contribution is 0.102.